The first kappa shape index (κ1) is 33.2. The molecule has 0 aromatic rings. The number of carbonyl (C=O) groups excluding carboxylic acids is 2. The van der Waals surface area contributed by atoms with E-state index in [2.05, 4.69) is 80.6 Å². The minimum absolute atomic E-state index is 0.218. The number of aliphatic hydroxyl groups is 1. The van der Waals surface area contributed by atoms with Crippen LogP contribution in [0.2, 0.25) is 0 Å². The third-order valence-electron chi connectivity index (χ3n) is 4.57. The van der Waals surface area contributed by atoms with Crippen LogP contribution in [0.3, 0.4) is 0 Å². The molecule has 4 nitrogen and oxygen atoms in total. The third kappa shape index (κ3) is 11.6. The topological polar surface area (TPSA) is 66.4 Å². The van der Waals surface area contributed by atoms with Crippen molar-refractivity contribution in [3.05, 3.63) is 120 Å². The molecule has 0 rings (SSSR count). The molecular formula is C31H33NO3S2. The first-order valence-corrected chi connectivity index (χ1v) is 12.5. The van der Waals surface area contributed by atoms with Crippen molar-refractivity contribution in [2.24, 2.45) is 0 Å². The van der Waals surface area contributed by atoms with Gasteiger partial charge in [-0.25, -0.2) is 0 Å². The lowest BCUT2D eigenvalue weighted by molar-refractivity contribution is -0.110. The molecule has 0 aromatic heterocycles. The Kier molecular flexibility index (Phi) is 17.4. The quantitative estimate of drug-likeness (QED) is 0.0609. The van der Waals surface area contributed by atoms with Crippen LogP contribution in [0, 0.1) is 23.7 Å². The molecule has 0 heterocycles. The minimum Gasteiger partial charge on any atom is -0.506 e. The number of aliphatic hydroxyl groups excluding tert-OH is 1. The highest BCUT2D eigenvalue weighted by Gasteiger charge is 2.18. The predicted octanol–water partition coefficient (Wildman–Crippen LogP) is 5.77. The van der Waals surface area contributed by atoms with E-state index in [1.807, 2.05) is 19.1 Å². The van der Waals surface area contributed by atoms with Gasteiger partial charge in [-0.1, -0.05) is 74.6 Å². The number of Topliss-reactive ketones (excluding diaryl/α,β-unsaturated/α-hetero) is 2. The van der Waals surface area contributed by atoms with E-state index in [-0.39, 0.29) is 11.1 Å². The van der Waals surface area contributed by atoms with Crippen molar-refractivity contribution in [1.82, 2.24) is 5.32 Å². The molecule has 0 atom stereocenters. The summed E-state index contributed by atoms with van der Waals surface area (Å²) in [5.41, 5.74) is 2.37. The molecule has 0 aliphatic carbocycles. The lowest BCUT2D eigenvalue weighted by atomic mass is 10.0. The number of rotatable bonds is 13. The van der Waals surface area contributed by atoms with Crippen LogP contribution in [-0.4, -0.2) is 34.7 Å². The van der Waals surface area contributed by atoms with Crippen molar-refractivity contribution in [1.29, 1.82) is 0 Å². The molecule has 6 heteroatoms. The van der Waals surface area contributed by atoms with Crippen LogP contribution in [0.5, 0.6) is 0 Å². The summed E-state index contributed by atoms with van der Waals surface area (Å²) in [5, 5.41) is 13.8. The first-order chi connectivity index (χ1) is 17.8. The molecule has 192 valence electrons. The van der Waals surface area contributed by atoms with Crippen LogP contribution in [0.4, 0.5) is 0 Å². The smallest absolute Gasteiger partial charge is 0.239 e. The number of thiol groups is 2. The molecular weight excluding hydrogens is 498 g/mol. The zero-order valence-electron chi connectivity index (χ0n) is 21.3. The normalized spacial score (nSPS) is 13.1. The highest BCUT2D eigenvalue weighted by Crippen LogP contribution is 2.16. The van der Waals surface area contributed by atoms with E-state index in [9.17, 15) is 14.7 Å². The number of hydrogen-bond acceptors (Lipinski definition) is 6. The van der Waals surface area contributed by atoms with Gasteiger partial charge in [0.1, 0.15) is 5.76 Å². The number of ketones is 2. The standard InChI is InChI=1S/C31H33NO3S2/c1-7-13-24(21-36)19-23(9-3)15-17-29(33)27(11-5)31(35)28(14-8-2)30(34)18-16-25(10-4)26(22-37)20-32-12-6/h7-14,19,32,35-37H,2,4-6,20-22H2,1,3H3/b13-7-,23-9-,24-19+,26-25-,28-14-,31-27-. The van der Waals surface area contributed by atoms with E-state index in [1.54, 1.807) is 19.1 Å². The summed E-state index contributed by atoms with van der Waals surface area (Å²) < 4.78 is 0. The Balaban J connectivity index is 6.42. The van der Waals surface area contributed by atoms with Gasteiger partial charge in [-0.15, -0.1) is 0 Å². The zero-order chi connectivity index (χ0) is 28.2. The monoisotopic (exact) mass is 531 g/mol. The summed E-state index contributed by atoms with van der Waals surface area (Å²) in [5.74, 6) is 9.35. The zero-order valence-corrected chi connectivity index (χ0v) is 23.1. The second-order valence-corrected chi connectivity index (χ2v) is 7.66. The van der Waals surface area contributed by atoms with E-state index in [0.29, 0.717) is 29.2 Å². The molecule has 0 unspecified atom stereocenters. The predicted molar refractivity (Wildman–Crippen MR) is 163 cm³/mol. The summed E-state index contributed by atoms with van der Waals surface area (Å²) in [4.78, 5) is 25.7. The van der Waals surface area contributed by atoms with Gasteiger partial charge in [-0.05, 0) is 55.2 Å². The molecule has 0 radical (unpaired) electrons. The molecule has 0 saturated heterocycles. The highest BCUT2D eigenvalue weighted by molar-refractivity contribution is 7.80. The van der Waals surface area contributed by atoms with Crippen molar-refractivity contribution in [2.45, 2.75) is 13.8 Å². The van der Waals surface area contributed by atoms with Gasteiger partial charge in [0.2, 0.25) is 11.6 Å². The van der Waals surface area contributed by atoms with Crippen molar-refractivity contribution in [2.75, 3.05) is 18.1 Å². The molecule has 0 saturated carbocycles. The lowest BCUT2D eigenvalue weighted by Gasteiger charge is -2.06. The van der Waals surface area contributed by atoms with Crippen LogP contribution in [0.1, 0.15) is 13.8 Å². The third-order valence-corrected chi connectivity index (χ3v) is 5.32. The molecule has 0 amide bonds. The number of allylic oxidation sites excluding steroid dienone is 12. The second-order valence-electron chi connectivity index (χ2n) is 7.03. The van der Waals surface area contributed by atoms with Gasteiger partial charge in [-0.2, -0.15) is 25.3 Å². The summed E-state index contributed by atoms with van der Waals surface area (Å²) in [7, 11) is 0. The largest absolute Gasteiger partial charge is 0.506 e. The van der Waals surface area contributed by atoms with Crippen molar-refractivity contribution < 1.29 is 14.7 Å². The van der Waals surface area contributed by atoms with Crippen LogP contribution in [-0.2, 0) is 9.59 Å². The Bertz CT molecular complexity index is 1230. The van der Waals surface area contributed by atoms with Gasteiger partial charge in [0.25, 0.3) is 0 Å². The van der Waals surface area contributed by atoms with Crippen LogP contribution in [0.15, 0.2) is 120 Å². The van der Waals surface area contributed by atoms with Gasteiger partial charge in [0.05, 0.1) is 11.1 Å². The molecule has 0 aliphatic heterocycles. The fourth-order valence-electron chi connectivity index (χ4n) is 2.68. The van der Waals surface area contributed by atoms with Crippen molar-refractivity contribution >= 4 is 36.8 Å². The maximum absolute atomic E-state index is 12.9. The molecule has 0 aliphatic rings. The summed E-state index contributed by atoms with van der Waals surface area (Å²) in [6.45, 7) is 18.6. The lowest BCUT2D eigenvalue weighted by Crippen LogP contribution is -2.12. The van der Waals surface area contributed by atoms with Crippen molar-refractivity contribution in [3.63, 3.8) is 0 Å². The molecule has 0 spiro atoms. The Labute approximate surface area is 232 Å². The van der Waals surface area contributed by atoms with E-state index in [4.69, 9.17) is 0 Å². The van der Waals surface area contributed by atoms with Gasteiger partial charge >= 0.3 is 0 Å². The Hall–Kier alpha value is -3.84. The summed E-state index contributed by atoms with van der Waals surface area (Å²) in [6, 6.07) is 0. The molecule has 2 N–H and O–H groups in total. The maximum Gasteiger partial charge on any atom is 0.239 e. The fraction of sp³-hybridized carbons (Fsp3) is 0.161. The number of hydrogen-bond donors (Lipinski definition) is 4. The van der Waals surface area contributed by atoms with E-state index in [1.165, 1.54) is 24.4 Å². The molecule has 0 bridgehead atoms. The van der Waals surface area contributed by atoms with Crippen LogP contribution < -0.4 is 5.32 Å². The Morgan fingerprint density at radius 1 is 0.946 bits per heavy atom. The number of carbonyl (C=O) groups is 2. The van der Waals surface area contributed by atoms with Gasteiger partial charge in [-0.3, -0.25) is 9.59 Å². The Morgan fingerprint density at radius 3 is 2.11 bits per heavy atom. The van der Waals surface area contributed by atoms with Crippen LogP contribution in [0.25, 0.3) is 0 Å². The van der Waals surface area contributed by atoms with Crippen molar-refractivity contribution in [3.8, 4) is 23.7 Å². The molecule has 0 fully saturated rings. The first-order valence-electron chi connectivity index (χ1n) is 11.2. The minimum atomic E-state index is -0.728. The fourth-order valence-corrected chi connectivity index (χ4v) is 3.16. The van der Waals surface area contributed by atoms with Gasteiger partial charge < -0.3 is 10.4 Å². The van der Waals surface area contributed by atoms with E-state index < -0.39 is 17.3 Å². The van der Waals surface area contributed by atoms with Crippen LogP contribution >= 0.6 is 25.3 Å². The maximum atomic E-state index is 12.9. The van der Waals surface area contributed by atoms with E-state index >= 15 is 0 Å². The van der Waals surface area contributed by atoms with Gasteiger partial charge in [0.15, 0.2) is 0 Å². The second kappa shape index (κ2) is 19.4. The molecule has 37 heavy (non-hydrogen) atoms. The average molecular weight is 532 g/mol. The number of nitrogens with one attached hydrogen (secondary N) is 1. The summed E-state index contributed by atoms with van der Waals surface area (Å²) in [6.07, 6.45) is 14.1. The molecule has 0 aromatic carbocycles. The average Bonchev–Trinajstić information content (AvgIpc) is 2.90. The Morgan fingerprint density at radius 2 is 1.62 bits per heavy atom. The highest BCUT2D eigenvalue weighted by atomic mass is 32.1. The van der Waals surface area contributed by atoms with Gasteiger partial charge in [0, 0.05) is 29.2 Å². The SMILES string of the molecule is C=C/C=C(C(=O)C#C/C(C=C)=C(\CS)CNC=C)\C(O)=C(/C=C)C(=O)C#CC(=C/C)/C=C(\C=C/C)CS. The summed E-state index contributed by atoms with van der Waals surface area (Å²) >= 11 is 8.57. The van der Waals surface area contributed by atoms with E-state index in [0.717, 1.165) is 17.2 Å².